The number of halogens is 2. The summed E-state index contributed by atoms with van der Waals surface area (Å²) in [6.45, 7) is 3.02. The van der Waals surface area contributed by atoms with E-state index in [0.29, 0.717) is 23.8 Å². The zero-order valence-corrected chi connectivity index (χ0v) is 16.0. The first-order valence-electron chi connectivity index (χ1n) is 7.57. The highest BCUT2D eigenvalue weighted by atomic mass is 35.5. The van der Waals surface area contributed by atoms with Crippen molar-refractivity contribution in [1.29, 1.82) is 0 Å². The number of carbonyl (C=O) groups excluding carboxylic acids is 1. The van der Waals surface area contributed by atoms with Crippen LogP contribution in [0.3, 0.4) is 0 Å². The summed E-state index contributed by atoms with van der Waals surface area (Å²) >= 11 is 12.0. The zero-order valence-electron chi connectivity index (χ0n) is 13.7. The molecule has 1 aromatic rings. The minimum atomic E-state index is -3.56. The summed E-state index contributed by atoms with van der Waals surface area (Å²) in [4.78, 5) is 16.3. The van der Waals surface area contributed by atoms with E-state index in [0.717, 1.165) is 23.7 Å². The normalized spacial score (nSPS) is 16.2. The number of hydrogen-bond acceptors (Lipinski definition) is 4. The van der Waals surface area contributed by atoms with Crippen molar-refractivity contribution in [3.8, 4) is 0 Å². The van der Waals surface area contributed by atoms with Gasteiger partial charge in [0.05, 0.1) is 17.0 Å². The highest BCUT2D eigenvalue weighted by Crippen LogP contribution is 2.30. The van der Waals surface area contributed by atoms with Gasteiger partial charge in [0.25, 0.3) is 0 Å². The van der Waals surface area contributed by atoms with E-state index in [2.05, 4.69) is 4.90 Å². The topological polar surface area (TPSA) is 60.9 Å². The molecule has 1 saturated heterocycles. The Morgan fingerprint density at radius 2 is 1.83 bits per heavy atom. The van der Waals surface area contributed by atoms with E-state index >= 15 is 0 Å². The SMILES string of the molecule is CN1CCN(C(=O)CCN(c2ccc(Cl)cc2Cl)S(C)(=O)=O)CC1. The molecule has 6 nitrogen and oxygen atoms in total. The molecule has 0 radical (unpaired) electrons. The monoisotopic (exact) mass is 393 g/mol. The molecule has 1 fully saturated rings. The van der Waals surface area contributed by atoms with Gasteiger partial charge in [-0.25, -0.2) is 8.42 Å². The van der Waals surface area contributed by atoms with Gasteiger partial charge in [0.2, 0.25) is 15.9 Å². The third kappa shape index (κ3) is 4.99. The Hall–Kier alpha value is -1.02. The van der Waals surface area contributed by atoms with Crippen LogP contribution in [0.2, 0.25) is 10.0 Å². The van der Waals surface area contributed by atoms with Gasteiger partial charge in [-0.15, -0.1) is 0 Å². The van der Waals surface area contributed by atoms with Crippen molar-refractivity contribution < 1.29 is 13.2 Å². The van der Waals surface area contributed by atoms with Gasteiger partial charge in [-0.05, 0) is 25.2 Å². The molecule has 0 spiro atoms. The third-order valence-corrected chi connectivity index (χ3v) is 5.68. The first kappa shape index (κ1) is 19.3. The molecule has 0 bridgehead atoms. The maximum absolute atomic E-state index is 12.3. The molecule has 134 valence electrons. The zero-order chi connectivity index (χ0) is 17.9. The van der Waals surface area contributed by atoms with Crippen molar-refractivity contribution in [2.24, 2.45) is 0 Å². The average Bonchev–Trinajstić information content (AvgIpc) is 2.48. The number of benzene rings is 1. The van der Waals surface area contributed by atoms with Gasteiger partial charge >= 0.3 is 0 Å². The van der Waals surface area contributed by atoms with Crippen LogP contribution < -0.4 is 4.31 Å². The molecule has 1 amide bonds. The highest BCUT2D eigenvalue weighted by Gasteiger charge is 2.24. The van der Waals surface area contributed by atoms with E-state index in [1.165, 1.54) is 6.07 Å². The lowest BCUT2D eigenvalue weighted by atomic mass is 10.2. The predicted molar refractivity (Wildman–Crippen MR) is 97.3 cm³/mol. The van der Waals surface area contributed by atoms with Gasteiger partial charge in [-0.2, -0.15) is 0 Å². The first-order valence-corrected chi connectivity index (χ1v) is 10.2. The Kier molecular flexibility index (Phi) is 6.36. The second-order valence-electron chi connectivity index (χ2n) is 5.86. The fourth-order valence-electron chi connectivity index (χ4n) is 2.56. The summed E-state index contributed by atoms with van der Waals surface area (Å²) in [5, 5.41) is 0.658. The lowest BCUT2D eigenvalue weighted by Gasteiger charge is -2.33. The number of anilines is 1. The fourth-order valence-corrected chi connectivity index (χ4v) is 4.06. The summed E-state index contributed by atoms with van der Waals surface area (Å²) in [7, 11) is -1.55. The van der Waals surface area contributed by atoms with Crippen LogP contribution >= 0.6 is 23.2 Å². The van der Waals surface area contributed by atoms with E-state index in [-0.39, 0.29) is 23.9 Å². The highest BCUT2D eigenvalue weighted by molar-refractivity contribution is 7.92. The molecule has 9 heteroatoms. The van der Waals surface area contributed by atoms with Crippen LogP contribution in [0.15, 0.2) is 18.2 Å². The number of amides is 1. The molecule has 0 aliphatic carbocycles. The first-order chi connectivity index (χ1) is 11.2. The van der Waals surface area contributed by atoms with E-state index in [9.17, 15) is 13.2 Å². The summed E-state index contributed by atoms with van der Waals surface area (Å²) < 4.78 is 25.4. The van der Waals surface area contributed by atoms with E-state index in [4.69, 9.17) is 23.2 Å². The molecule has 1 heterocycles. The molecule has 1 aromatic carbocycles. The predicted octanol–water partition coefficient (Wildman–Crippen LogP) is 1.92. The number of rotatable bonds is 5. The number of hydrogen-bond donors (Lipinski definition) is 0. The summed E-state index contributed by atoms with van der Waals surface area (Å²) in [6.07, 6.45) is 1.20. The standard InChI is InChI=1S/C15H21Cl2N3O3S/c1-18-7-9-19(10-8-18)15(21)5-6-20(24(2,22)23)14-4-3-12(16)11-13(14)17/h3-4,11H,5-10H2,1-2H3. The van der Waals surface area contributed by atoms with E-state index in [1.54, 1.807) is 17.0 Å². The Balaban J connectivity index is 2.09. The number of nitrogens with zero attached hydrogens (tertiary/aromatic N) is 3. The lowest BCUT2D eigenvalue weighted by Crippen LogP contribution is -2.48. The van der Waals surface area contributed by atoms with Crippen LogP contribution in [0.1, 0.15) is 6.42 Å². The van der Waals surface area contributed by atoms with Crippen LogP contribution in [-0.2, 0) is 14.8 Å². The van der Waals surface area contributed by atoms with Gasteiger partial charge in [0.15, 0.2) is 0 Å². The quantitative estimate of drug-likeness (QED) is 0.766. The van der Waals surface area contributed by atoms with Gasteiger partial charge in [0, 0.05) is 44.2 Å². The molecule has 0 N–H and O–H groups in total. The molecule has 0 unspecified atom stereocenters. The maximum atomic E-state index is 12.3. The number of likely N-dealkylation sites (N-methyl/N-ethyl adjacent to an activating group) is 1. The van der Waals surface area contributed by atoms with Crippen LogP contribution in [0, 0.1) is 0 Å². The lowest BCUT2D eigenvalue weighted by molar-refractivity contribution is -0.132. The van der Waals surface area contributed by atoms with Crippen molar-refractivity contribution in [2.45, 2.75) is 6.42 Å². The largest absolute Gasteiger partial charge is 0.340 e. The number of piperazine rings is 1. The Morgan fingerprint density at radius 1 is 1.21 bits per heavy atom. The van der Waals surface area contributed by atoms with Crippen molar-refractivity contribution >= 4 is 44.8 Å². The summed E-state index contributed by atoms with van der Waals surface area (Å²) in [5.74, 6) is -0.0539. The molecule has 0 atom stereocenters. The van der Waals surface area contributed by atoms with Crippen molar-refractivity contribution in [3.05, 3.63) is 28.2 Å². The second-order valence-corrected chi connectivity index (χ2v) is 8.62. The number of sulfonamides is 1. The fraction of sp³-hybridized carbons (Fsp3) is 0.533. The second kappa shape index (κ2) is 7.91. The number of carbonyl (C=O) groups is 1. The van der Waals surface area contributed by atoms with Crippen molar-refractivity contribution in [2.75, 3.05) is 50.3 Å². The van der Waals surface area contributed by atoms with Crippen LogP contribution in [0.25, 0.3) is 0 Å². The Morgan fingerprint density at radius 3 is 2.38 bits per heavy atom. The van der Waals surface area contributed by atoms with Crippen LogP contribution in [0.5, 0.6) is 0 Å². The van der Waals surface area contributed by atoms with E-state index < -0.39 is 10.0 Å². The Bertz CT molecular complexity index is 704. The average molecular weight is 394 g/mol. The van der Waals surface area contributed by atoms with E-state index in [1.807, 2.05) is 7.05 Å². The molecule has 1 aliphatic rings. The Labute approximate surface area is 153 Å². The van der Waals surface area contributed by atoms with Gasteiger partial charge < -0.3 is 9.80 Å². The van der Waals surface area contributed by atoms with Gasteiger partial charge in [-0.1, -0.05) is 23.2 Å². The van der Waals surface area contributed by atoms with Crippen LogP contribution in [0.4, 0.5) is 5.69 Å². The maximum Gasteiger partial charge on any atom is 0.232 e. The van der Waals surface area contributed by atoms with Crippen LogP contribution in [-0.4, -0.2) is 70.2 Å². The minimum absolute atomic E-state index is 0.0470. The molecule has 24 heavy (non-hydrogen) atoms. The molecular weight excluding hydrogens is 373 g/mol. The molecule has 0 aromatic heterocycles. The smallest absolute Gasteiger partial charge is 0.232 e. The van der Waals surface area contributed by atoms with Gasteiger partial charge in [-0.3, -0.25) is 9.10 Å². The summed E-state index contributed by atoms with van der Waals surface area (Å²) in [6, 6.07) is 4.61. The molecular formula is C15H21Cl2N3O3S. The molecule has 0 saturated carbocycles. The summed E-state index contributed by atoms with van der Waals surface area (Å²) in [5.41, 5.74) is 0.328. The van der Waals surface area contributed by atoms with Crippen molar-refractivity contribution in [3.63, 3.8) is 0 Å². The molecule has 1 aliphatic heterocycles. The minimum Gasteiger partial charge on any atom is -0.340 e. The molecule has 2 rings (SSSR count). The van der Waals surface area contributed by atoms with Crippen molar-refractivity contribution in [1.82, 2.24) is 9.80 Å². The third-order valence-electron chi connectivity index (χ3n) is 3.96. The van der Waals surface area contributed by atoms with Gasteiger partial charge in [0.1, 0.15) is 0 Å².